The van der Waals surface area contributed by atoms with Gasteiger partial charge in [-0.05, 0) is 49.4 Å². The molecular weight excluding hydrogens is 530 g/mol. The molecule has 13 heteroatoms. The van der Waals surface area contributed by atoms with Crippen LogP contribution in [0, 0.1) is 5.92 Å². The predicted molar refractivity (Wildman–Crippen MR) is 137 cm³/mol. The van der Waals surface area contributed by atoms with Crippen molar-refractivity contribution in [1.82, 2.24) is 9.21 Å². The predicted octanol–water partition coefficient (Wildman–Crippen LogP) is 2.25. The van der Waals surface area contributed by atoms with Crippen LogP contribution < -0.4 is 9.46 Å². The number of aliphatic hydroxyl groups excluding tert-OH is 1. The van der Waals surface area contributed by atoms with Gasteiger partial charge in [0.15, 0.2) is 0 Å². The minimum absolute atomic E-state index is 0.00514. The second-order valence-electron chi connectivity index (χ2n) is 8.94. The Bertz CT molecular complexity index is 1320. The lowest BCUT2D eigenvalue weighted by Crippen LogP contribution is -2.50. The molecule has 0 spiro atoms. The van der Waals surface area contributed by atoms with Crippen LogP contribution in [0.1, 0.15) is 24.2 Å². The van der Waals surface area contributed by atoms with Gasteiger partial charge in [0.2, 0.25) is 10.0 Å². The lowest BCUT2D eigenvalue weighted by molar-refractivity contribution is 0.0387. The van der Waals surface area contributed by atoms with E-state index >= 15 is 0 Å². The van der Waals surface area contributed by atoms with Crippen molar-refractivity contribution in [3.8, 4) is 5.75 Å². The van der Waals surface area contributed by atoms with E-state index in [4.69, 9.17) is 16.3 Å². The average Bonchev–Trinajstić information content (AvgIpc) is 2.80. The van der Waals surface area contributed by atoms with Gasteiger partial charge in [0, 0.05) is 30.2 Å². The molecule has 0 aliphatic carbocycles. The summed E-state index contributed by atoms with van der Waals surface area (Å²) in [5, 5.41) is 10.1. The molecule has 1 heterocycles. The number of fused-ring (bicyclic) bond motifs is 1. The van der Waals surface area contributed by atoms with E-state index < -0.39 is 38.1 Å². The smallest absolute Gasteiger partial charge is 0.261 e. The molecule has 0 unspecified atom stereocenters. The molecule has 36 heavy (non-hydrogen) atoms. The van der Waals surface area contributed by atoms with Crippen LogP contribution in [-0.2, 0) is 20.0 Å². The van der Waals surface area contributed by atoms with E-state index in [9.17, 15) is 26.7 Å². The van der Waals surface area contributed by atoms with Gasteiger partial charge in [-0.3, -0.25) is 9.52 Å². The number of carbonyl (C=O) groups excluding carboxylic acids is 1. The van der Waals surface area contributed by atoms with Crippen molar-refractivity contribution >= 4 is 43.2 Å². The molecule has 1 aliphatic heterocycles. The van der Waals surface area contributed by atoms with Crippen molar-refractivity contribution in [3.05, 3.63) is 53.1 Å². The average molecular weight is 560 g/mol. The number of hydrogen-bond donors (Lipinski definition) is 2. The fourth-order valence-corrected chi connectivity index (χ4v) is 5.31. The Morgan fingerprint density at radius 3 is 2.42 bits per heavy atom. The molecule has 1 aliphatic rings. The number of amides is 1. The van der Waals surface area contributed by atoms with Crippen LogP contribution in [0.2, 0.25) is 5.02 Å². The fraction of sp³-hybridized carbons (Fsp3) is 0.435. The molecular formula is C23H30ClN3O7S2. The number of nitrogens with one attached hydrogen (secondary N) is 1. The van der Waals surface area contributed by atoms with Crippen molar-refractivity contribution < 1.29 is 31.5 Å². The van der Waals surface area contributed by atoms with Gasteiger partial charge >= 0.3 is 0 Å². The van der Waals surface area contributed by atoms with Gasteiger partial charge in [-0.15, -0.1) is 0 Å². The third kappa shape index (κ3) is 6.48. The Kier molecular flexibility index (Phi) is 8.56. The fourth-order valence-electron chi connectivity index (χ4n) is 3.72. The molecule has 198 valence electrons. The van der Waals surface area contributed by atoms with Gasteiger partial charge in [-0.1, -0.05) is 18.5 Å². The minimum atomic E-state index is -3.96. The molecule has 10 nitrogen and oxygen atoms in total. The van der Waals surface area contributed by atoms with E-state index in [1.54, 1.807) is 6.92 Å². The zero-order valence-corrected chi connectivity index (χ0v) is 22.8. The second kappa shape index (κ2) is 10.9. The first kappa shape index (κ1) is 28.2. The SMILES string of the molecule is C[C@@H]1CN([C@H](C)CO)C(=O)c2cc(NS(=O)(=O)c3ccc(Cl)cc3)ccc2O[C@H]1CN(C)S(C)(=O)=O. The number of halogens is 1. The van der Waals surface area contributed by atoms with Crippen molar-refractivity contribution in [2.75, 3.05) is 37.7 Å². The van der Waals surface area contributed by atoms with Gasteiger partial charge in [0.05, 0.1) is 35.9 Å². The third-order valence-corrected chi connectivity index (χ3v) is 8.97. The van der Waals surface area contributed by atoms with E-state index in [1.165, 1.54) is 58.7 Å². The number of rotatable bonds is 8. The lowest BCUT2D eigenvalue weighted by atomic mass is 9.99. The zero-order chi connectivity index (χ0) is 26.8. The van der Waals surface area contributed by atoms with Gasteiger partial charge in [-0.25, -0.2) is 21.1 Å². The standard InChI is InChI=1S/C23H30ClN3O7S2/c1-15-12-27(16(2)14-28)23(29)20-11-18(25-36(32,33)19-8-5-17(24)6-9-19)7-10-21(20)34-22(15)13-26(3)35(4,30)31/h5-11,15-16,22,25,28H,12-14H2,1-4H3/t15-,16-,22+/m1/s1. The number of ether oxygens (including phenoxy) is 1. The second-order valence-corrected chi connectivity index (χ2v) is 13.1. The third-order valence-electron chi connectivity index (χ3n) is 6.04. The highest BCUT2D eigenvalue weighted by Crippen LogP contribution is 2.31. The van der Waals surface area contributed by atoms with Gasteiger partial charge in [0.25, 0.3) is 15.9 Å². The monoisotopic (exact) mass is 559 g/mol. The van der Waals surface area contributed by atoms with E-state index in [0.717, 1.165) is 6.26 Å². The molecule has 2 N–H and O–H groups in total. The molecule has 3 rings (SSSR count). The zero-order valence-electron chi connectivity index (χ0n) is 20.4. The number of anilines is 1. The van der Waals surface area contributed by atoms with Crippen LogP contribution in [0.5, 0.6) is 5.75 Å². The van der Waals surface area contributed by atoms with Gasteiger partial charge in [0.1, 0.15) is 11.9 Å². The molecule has 0 radical (unpaired) electrons. The molecule has 0 saturated heterocycles. The molecule has 0 aromatic heterocycles. The minimum Gasteiger partial charge on any atom is -0.488 e. The molecule has 3 atom stereocenters. The summed E-state index contributed by atoms with van der Waals surface area (Å²) < 4.78 is 59.4. The highest BCUT2D eigenvalue weighted by molar-refractivity contribution is 7.92. The van der Waals surface area contributed by atoms with Crippen molar-refractivity contribution in [1.29, 1.82) is 0 Å². The first-order valence-corrected chi connectivity index (χ1v) is 14.9. The Balaban J connectivity index is 2.01. The van der Waals surface area contributed by atoms with Crippen LogP contribution in [0.25, 0.3) is 0 Å². The molecule has 0 fully saturated rings. The first-order valence-electron chi connectivity index (χ1n) is 11.1. The Labute approximate surface area is 216 Å². The normalized spacial score (nSPS) is 19.8. The molecule has 0 bridgehead atoms. The topological polar surface area (TPSA) is 133 Å². The Hall–Kier alpha value is -2.38. The van der Waals surface area contributed by atoms with Crippen LogP contribution in [0.4, 0.5) is 5.69 Å². The van der Waals surface area contributed by atoms with Crippen LogP contribution >= 0.6 is 11.6 Å². The van der Waals surface area contributed by atoms with E-state index in [1.807, 2.05) is 6.92 Å². The van der Waals surface area contributed by atoms with Crippen molar-refractivity contribution in [2.45, 2.75) is 30.9 Å². The highest BCUT2D eigenvalue weighted by atomic mass is 35.5. The number of likely N-dealkylation sites (N-methyl/N-ethyl adjacent to an activating group) is 1. The van der Waals surface area contributed by atoms with Crippen LogP contribution in [0.3, 0.4) is 0 Å². The lowest BCUT2D eigenvalue weighted by Gasteiger charge is -2.38. The van der Waals surface area contributed by atoms with Crippen molar-refractivity contribution in [2.24, 2.45) is 5.92 Å². The summed E-state index contributed by atoms with van der Waals surface area (Å²) in [5.74, 6) is -0.535. The largest absolute Gasteiger partial charge is 0.488 e. The number of benzene rings is 2. The summed E-state index contributed by atoms with van der Waals surface area (Å²) in [6, 6.07) is 9.41. The van der Waals surface area contributed by atoms with Gasteiger partial charge in [-0.2, -0.15) is 0 Å². The highest BCUT2D eigenvalue weighted by Gasteiger charge is 2.34. The summed E-state index contributed by atoms with van der Waals surface area (Å²) in [4.78, 5) is 15.0. The summed E-state index contributed by atoms with van der Waals surface area (Å²) >= 11 is 5.85. The Morgan fingerprint density at radius 2 is 1.83 bits per heavy atom. The summed E-state index contributed by atoms with van der Waals surface area (Å²) in [7, 11) is -6.00. The van der Waals surface area contributed by atoms with Crippen LogP contribution in [0.15, 0.2) is 47.4 Å². The molecule has 0 saturated carbocycles. The number of sulfonamides is 2. The maximum Gasteiger partial charge on any atom is 0.261 e. The van der Waals surface area contributed by atoms with E-state index in [0.29, 0.717) is 5.02 Å². The first-order chi connectivity index (χ1) is 16.7. The van der Waals surface area contributed by atoms with Gasteiger partial charge < -0.3 is 14.7 Å². The summed E-state index contributed by atoms with van der Waals surface area (Å²) in [6.45, 7) is 3.48. The number of aliphatic hydroxyl groups is 1. The maximum atomic E-state index is 13.5. The number of nitrogens with zero attached hydrogens (tertiary/aromatic N) is 2. The quantitative estimate of drug-likeness (QED) is 0.506. The van der Waals surface area contributed by atoms with E-state index in [2.05, 4.69) is 4.72 Å². The molecule has 1 amide bonds. The Morgan fingerprint density at radius 1 is 1.19 bits per heavy atom. The molecule has 2 aromatic carbocycles. The van der Waals surface area contributed by atoms with Crippen molar-refractivity contribution in [3.63, 3.8) is 0 Å². The summed E-state index contributed by atoms with van der Waals surface area (Å²) in [5.41, 5.74) is 0.223. The van der Waals surface area contributed by atoms with Crippen LogP contribution in [-0.4, -0.2) is 82.2 Å². The van der Waals surface area contributed by atoms with E-state index in [-0.39, 0.29) is 47.5 Å². The summed E-state index contributed by atoms with van der Waals surface area (Å²) in [6.07, 6.45) is 0.485. The maximum absolute atomic E-state index is 13.5. The number of carbonyl (C=O) groups is 1. The number of hydrogen-bond acceptors (Lipinski definition) is 7. The molecule has 2 aromatic rings.